The summed E-state index contributed by atoms with van der Waals surface area (Å²) in [4.78, 5) is 4.97. The van der Waals surface area contributed by atoms with E-state index in [0.29, 0.717) is 0 Å². The molecular formula is C58H36N4. The van der Waals surface area contributed by atoms with Crippen LogP contribution in [0.4, 0.5) is 34.1 Å². The van der Waals surface area contributed by atoms with Crippen molar-refractivity contribution in [2.75, 3.05) is 9.80 Å². The quantitative estimate of drug-likeness (QED) is 0.167. The molecular weight excluding hydrogens is 753 g/mol. The second-order valence-electron chi connectivity index (χ2n) is 16.5. The number of para-hydroxylation sites is 8. The first kappa shape index (κ1) is 33.5. The summed E-state index contributed by atoms with van der Waals surface area (Å²) < 4.78 is 5.08. The number of nitrogens with zero attached hydrogens (tertiary/aromatic N) is 4. The molecule has 0 fully saturated rings. The van der Waals surface area contributed by atoms with Gasteiger partial charge in [-0.2, -0.15) is 0 Å². The molecule has 4 nitrogen and oxygen atoms in total. The Morgan fingerprint density at radius 1 is 0.242 bits per heavy atom. The summed E-state index contributed by atoms with van der Waals surface area (Å²) in [5, 5.41) is 12.5. The van der Waals surface area contributed by atoms with Gasteiger partial charge in [-0.1, -0.05) is 146 Å². The van der Waals surface area contributed by atoms with E-state index in [2.05, 4.69) is 237 Å². The van der Waals surface area contributed by atoms with Crippen molar-refractivity contribution in [3.8, 4) is 0 Å². The van der Waals surface area contributed by atoms with Crippen LogP contribution in [0.15, 0.2) is 218 Å². The number of anilines is 6. The van der Waals surface area contributed by atoms with Crippen LogP contribution in [-0.2, 0) is 0 Å². The summed E-state index contributed by atoms with van der Waals surface area (Å²) in [7, 11) is 0. The van der Waals surface area contributed by atoms with Gasteiger partial charge in [-0.25, -0.2) is 0 Å². The summed E-state index contributed by atoms with van der Waals surface area (Å²) in [6.45, 7) is 0. The predicted octanol–water partition coefficient (Wildman–Crippen LogP) is 16.1. The molecule has 0 aliphatic rings. The van der Waals surface area contributed by atoms with E-state index in [1.807, 2.05) is 0 Å². The summed E-state index contributed by atoms with van der Waals surface area (Å²) in [6, 6.07) is 80.2. The zero-order chi connectivity index (χ0) is 40.5. The van der Waals surface area contributed by atoms with Crippen LogP contribution in [0.5, 0.6) is 0 Å². The van der Waals surface area contributed by atoms with Crippen LogP contribution in [0, 0.1) is 0 Å². The molecule has 0 aliphatic heterocycles. The third-order valence-corrected chi connectivity index (χ3v) is 13.3. The average Bonchev–Trinajstić information content (AvgIpc) is 4.07. The average molecular weight is 789 g/mol. The van der Waals surface area contributed by atoms with E-state index in [1.165, 1.54) is 87.0 Å². The van der Waals surface area contributed by atoms with Crippen molar-refractivity contribution < 1.29 is 0 Å². The summed E-state index contributed by atoms with van der Waals surface area (Å²) in [5.41, 5.74) is 13.9. The van der Waals surface area contributed by atoms with Crippen LogP contribution in [0.1, 0.15) is 0 Å². The molecule has 0 bridgehead atoms. The minimum atomic E-state index is 1.10. The standard InChI is InChI=1S/C58H36N4/c1-5-19-37(20-6-1)59(38-21-7-2-8-22-38)51-35-49-54(46-32-18-30-44-41-27-13-15-33-47(41)61(49)58(44)46)56-52(60(39-23-9-3-10-24-39)40-25-11-4-12-26-40)36-50-53(55(51)56)45-31-17-29-43-42-28-14-16-34-48(42)62(50)57(43)45/h1-36H. The third kappa shape index (κ3) is 4.40. The maximum Gasteiger partial charge on any atom is 0.0620 e. The number of fused-ring (bicyclic) bond motifs is 15. The van der Waals surface area contributed by atoms with Gasteiger partial charge in [0.25, 0.3) is 0 Å². The molecule has 0 atom stereocenters. The van der Waals surface area contributed by atoms with Gasteiger partial charge >= 0.3 is 0 Å². The smallest absolute Gasteiger partial charge is 0.0620 e. The highest BCUT2D eigenvalue weighted by molar-refractivity contribution is 6.40. The molecule has 10 aromatic carbocycles. The van der Waals surface area contributed by atoms with Crippen molar-refractivity contribution >= 4 is 121 Å². The Hall–Kier alpha value is -8.34. The van der Waals surface area contributed by atoms with Crippen molar-refractivity contribution in [1.82, 2.24) is 8.80 Å². The van der Waals surface area contributed by atoms with Crippen LogP contribution >= 0.6 is 0 Å². The van der Waals surface area contributed by atoms with Gasteiger partial charge in [-0.3, -0.25) is 0 Å². The fourth-order valence-electron chi connectivity index (χ4n) is 10.9. The van der Waals surface area contributed by atoms with Crippen molar-refractivity contribution in [2.45, 2.75) is 0 Å². The number of aromatic nitrogens is 2. The molecule has 4 aromatic heterocycles. The molecule has 14 aromatic rings. The Balaban J connectivity index is 1.32. The highest BCUT2D eigenvalue weighted by atomic mass is 15.2. The van der Waals surface area contributed by atoms with Gasteiger partial charge in [0.2, 0.25) is 0 Å². The third-order valence-electron chi connectivity index (χ3n) is 13.3. The summed E-state index contributed by atoms with van der Waals surface area (Å²) in [5.74, 6) is 0. The summed E-state index contributed by atoms with van der Waals surface area (Å²) >= 11 is 0. The molecule has 4 heterocycles. The second kappa shape index (κ2) is 12.6. The van der Waals surface area contributed by atoms with Crippen molar-refractivity contribution in [1.29, 1.82) is 0 Å². The largest absolute Gasteiger partial charge is 0.310 e. The lowest BCUT2D eigenvalue weighted by Gasteiger charge is -2.31. The van der Waals surface area contributed by atoms with E-state index in [4.69, 9.17) is 0 Å². The first-order valence-corrected chi connectivity index (χ1v) is 21.4. The molecule has 14 rings (SSSR count). The van der Waals surface area contributed by atoms with E-state index in [9.17, 15) is 0 Å². The van der Waals surface area contributed by atoms with Gasteiger partial charge in [-0.05, 0) is 72.8 Å². The molecule has 0 saturated heterocycles. The lowest BCUT2D eigenvalue weighted by molar-refractivity contribution is 1.28. The molecule has 0 N–H and O–H groups in total. The molecule has 288 valence electrons. The van der Waals surface area contributed by atoms with Crippen LogP contribution in [-0.4, -0.2) is 8.80 Å². The van der Waals surface area contributed by atoms with E-state index in [0.717, 1.165) is 34.1 Å². The second-order valence-corrected chi connectivity index (χ2v) is 16.5. The Labute approximate surface area is 356 Å². The van der Waals surface area contributed by atoms with E-state index in [1.54, 1.807) is 0 Å². The first-order chi connectivity index (χ1) is 30.8. The molecule has 0 spiro atoms. The van der Waals surface area contributed by atoms with Gasteiger partial charge in [0, 0.05) is 76.6 Å². The first-order valence-electron chi connectivity index (χ1n) is 21.4. The molecule has 0 aliphatic carbocycles. The van der Waals surface area contributed by atoms with E-state index in [-0.39, 0.29) is 0 Å². The number of rotatable bonds is 6. The van der Waals surface area contributed by atoms with Gasteiger partial charge in [0.05, 0.1) is 44.5 Å². The lowest BCUT2D eigenvalue weighted by atomic mass is 9.93. The maximum absolute atomic E-state index is 2.54. The fraction of sp³-hybridized carbons (Fsp3) is 0. The van der Waals surface area contributed by atoms with Crippen molar-refractivity contribution in [2.24, 2.45) is 0 Å². The Morgan fingerprint density at radius 3 is 0.919 bits per heavy atom. The molecule has 0 amide bonds. The minimum absolute atomic E-state index is 1.10. The van der Waals surface area contributed by atoms with Gasteiger partial charge in [-0.15, -0.1) is 0 Å². The van der Waals surface area contributed by atoms with E-state index < -0.39 is 0 Å². The normalized spacial score (nSPS) is 12.2. The van der Waals surface area contributed by atoms with E-state index >= 15 is 0 Å². The minimum Gasteiger partial charge on any atom is -0.310 e. The maximum atomic E-state index is 2.54. The zero-order valence-electron chi connectivity index (χ0n) is 33.6. The van der Waals surface area contributed by atoms with Crippen molar-refractivity contribution in [3.05, 3.63) is 218 Å². The highest BCUT2D eigenvalue weighted by Crippen LogP contribution is 2.55. The fourth-order valence-corrected chi connectivity index (χ4v) is 10.9. The predicted molar refractivity (Wildman–Crippen MR) is 263 cm³/mol. The van der Waals surface area contributed by atoms with Crippen LogP contribution in [0.3, 0.4) is 0 Å². The topological polar surface area (TPSA) is 15.3 Å². The lowest BCUT2D eigenvalue weighted by Crippen LogP contribution is -2.13. The molecule has 4 heteroatoms. The number of benzene rings is 10. The molecule has 0 radical (unpaired) electrons. The number of hydrogen-bond donors (Lipinski definition) is 0. The Kier molecular flexibility index (Phi) is 6.80. The van der Waals surface area contributed by atoms with Gasteiger partial charge in [0.1, 0.15) is 0 Å². The Bertz CT molecular complexity index is 3680. The SMILES string of the molecule is c1ccc(N(c2ccccc2)c2cc3c(c4cccc5c6ccccc6n3c54)c3c(N(c4ccccc4)c4ccccc4)cc4c(c5cccc6c7ccccc7n4c65)c23)cc1. The van der Waals surface area contributed by atoms with Crippen LogP contribution < -0.4 is 9.80 Å². The highest BCUT2D eigenvalue weighted by Gasteiger charge is 2.30. The Morgan fingerprint density at radius 2 is 0.548 bits per heavy atom. The molecule has 62 heavy (non-hydrogen) atoms. The van der Waals surface area contributed by atoms with Crippen LogP contribution in [0.25, 0.3) is 87.0 Å². The monoisotopic (exact) mass is 788 g/mol. The summed E-state index contributed by atoms with van der Waals surface area (Å²) in [6.07, 6.45) is 0. The van der Waals surface area contributed by atoms with Gasteiger partial charge < -0.3 is 18.6 Å². The number of hydrogen-bond acceptors (Lipinski definition) is 2. The van der Waals surface area contributed by atoms with Crippen LogP contribution in [0.2, 0.25) is 0 Å². The van der Waals surface area contributed by atoms with Gasteiger partial charge in [0.15, 0.2) is 0 Å². The molecule has 0 saturated carbocycles. The molecule has 0 unspecified atom stereocenters. The van der Waals surface area contributed by atoms with Crippen molar-refractivity contribution in [3.63, 3.8) is 0 Å². The zero-order valence-corrected chi connectivity index (χ0v) is 33.6.